The summed E-state index contributed by atoms with van der Waals surface area (Å²) in [7, 11) is 0. The van der Waals surface area contributed by atoms with Gasteiger partial charge in [-0.2, -0.15) is 0 Å². The molecule has 1 atom stereocenters. The Hall–Kier alpha value is -3.61. The van der Waals surface area contributed by atoms with Crippen molar-refractivity contribution < 1.29 is 22.4 Å². The molecule has 32 heavy (non-hydrogen) atoms. The Morgan fingerprint density at radius 1 is 0.969 bits per heavy atom. The lowest BCUT2D eigenvalue weighted by atomic mass is 10.1. The van der Waals surface area contributed by atoms with Gasteiger partial charge in [0.05, 0.1) is 6.42 Å². The number of hydrogen-bond acceptors (Lipinski definition) is 3. The molecule has 4 nitrogen and oxygen atoms in total. The maximum Gasteiger partial charge on any atom is 0.227 e. The molecule has 3 aromatic carbocycles. The molecule has 0 radical (unpaired) electrons. The number of oxazole rings is 1. The molecule has 0 bridgehead atoms. The average molecular weight is 436 g/mol. The van der Waals surface area contributed by atoms with Gasteiger partial charge in [0, 0.05) is 6.54 Å². The predicted molar refractivity (Wildman–Crippen MR) is 113 cm³/mol. The van der Waals surface area contributed by atoms with Gasteiger partial charge in [-0.15, -0.1) is 0 Å². The minimum Gasteiger partial charge on any atom is -0.438 e. The van der Waals surface area contributed by atoms with Gasteiger partial charge < -0.3 is 9.32 Å². The zero-order chi connectivity index (χ0) is 22.2. The van der Waals surface area contributed by atoms with Gasteiger partial charge in [-0.1, -0.05) is 24.3 Å². The number of carbonyl (C=O) groups is 1. The van der Waals surface area contributed by atoms with Crippen LogP contribution in [0.25, 0.3) is 22.2 Å². The van der Waals surface area contributed by atoms with Crippen LogP contribution in [0.15, 0.2) is 65.1 Å². The maximum atomic E-state index is 13.6. The highest BCUT2D eigenvalue weighted by Crippen LogP contribution is 2.35. The molecule has 162 valence electrons. The van der Waals surface area contributed by atoms with E-state index in [1.807, 2.05) is 0 Å². The molecule has 7 heteroatoms. The van der Waals surface area contributed by atoms with Crippen molar-refractivity contribution in [2.24, 2.45) is 0 Å². The van der Waals surface area contributed by atoms with E-state index in [0.29, 0.717) is 34.7 Å². The van der Waals surface area contributed by atoms with E-state index in [1.165, 1.54) is 18.2 Å². The Kier molecular flexibility index (Phi) is 5.17. The fourth-order valence-corrected chi connectivity index (χ4v) is 4.14. The number of hydrogen-bond donors (Lipinski definition) is 0. The number of halogens is 3. The first-order chi connectivity index (χ1) is 15.5. The largest absolute Gasteiger partial charge is 0.438 e. The van der Waals surface area contributed by atoms with E-state index in [0.717, 1.165) is 30.5 Å². The van der Waals surface area contributed by atoms with Crippen LogP contribution in [0.2, 0.25) is 0 Å². The van der Waals surface area contributed by atoms with Crippen molar-refractivity contribution in [3.8, 4) is 11.1 Å². The summed E-state index contributed by atoms with van der Waals surface area (Å²) in [5.74, 6) is -1.76. The first-order valence-electron chi connectivity index (χ1n) is 10.4. The molecule has 4 aromatic rings. The highest BCUT2D eigenvalue weighted by Gasteiger charge is 2.33. The molecule has 1 fully saturated rings. The van der Waals surface area contributed by atoms with Crippen LogP contribution in [0.5, 0.6) is 0 Å². The molecular weight excluding hydrogens is 417 g/mol. The lowest BCUT2D eigenvalue weighted by Gasteiger charge is -2.22. The summed E-state index contributed by atoms with van der Waals surface area (Å²) in [5, 5.41) is 0. The normalized spacial score (nSPS) is 16.1. The monoisotopic (exact) mass is 436 g/mol. The summed E-state index contributed by atoms with van der Waals surface area (Å²) in [6.45, 7) is 0.601. The highest BCUT2D eigenvalue weighted by molar-refractivity contribution is 5.81. The van der Waals surface area contributed by atoms with Gasteiger partial charge in [0.25, 0.3) is 0 Å². The van der Waals surface area contributed by atoms with Crippen LogP contribution in [0, 0.1) is 17.5 Å². The fourth-order valence-electron chi connectivity index (χ4n) is 4.14. The number of carbonyl (C=O) groups excluding carboxylic acids is 1. The number of amides is 1. The molecule has 0 aliphatic carbocycles. The van der Waals surface area contributed by atoms with Crippen LogP contribution in [0.4, 0.5) is 13.2 Å². The maximum absolute atomic E-state index is 13.6. The van der Waals surface area contributed by atoms with E-state index < -0.39 is 11.6 Å². The molecule has 1 aliphatic rings. The van der Waals surface area contributed by atoms with Gasteiger partial charge in [0.15, 0.2) is 17.2 Å². The van der Waals surface area contributed by atoms with Gasteiger partial charge in [0.1, 0.15) is 17.4 Å². The molecule has 1 amide bonds. The van der Waals surface area contributed by atoms with Crippen LogP contribution in [0.3, 0.4) is 0 Å². The Balaban J connectivity index is 1.40. The second kappa shape index (κ2) is 8.15. The predicted octanol–water partition coefficient (Wildman–Crippen LogP) is 5.82. The fraction of sp³-hybridized carbons (Fsp3) is 0.200. The third-order valence-corrected chi connectivity index (χ3v) is 5.78. The van der Waals surface area contributed by atoms with E-state index in [-0.39, 0.29) is 24.2 Å². The first kappa shape index (κ1) is 20.3. The van der Waals surface area contributed by atoms with Gasteiger partial charge >= 0.3 is 0 Å². The first-order valence-corrected chi connectivity index (χ1v) is 10.4. The van der Waals surface area contributed by atoms with Crippen molar-refractivity contribution in [2.45, 2.75) is 25.3 Å². The molecule has 1 aliphatic heterocycles. The van der Waals surface area contributed by atoms with Crippen molar-refractivity contribution in [3.05, 3.63) is 89.6 Å². The van der Waals surface area contributed by atoms with Crippen LogP contribution < -0.4 is 0 Å². The summed E-state index contributed by atoms with van der Waals surface area (Å²) >= 11 is 0. The van der Waals surface area contributed by atoms with Crippen LogP contribution >= 0.6 is 0 Å². The Labute approximate surface area is 182 Å². The SMILES string of the molecule is O=C(Cc1ccc(F)cc1)N1CCC[C@@H]1c1nc2cc(-c3ccc(F)c(F)c3)ccc2o1. The summed E-state index contributed by atoms with van der Waals surface area (Å²) in [4.78, 5) is 19.2. The third-order valence-electron chi connectivity index (χ3n) is 5.78. The average Bonchev–Trinajstić information content (AvgIpc) is 3.43. The standard InChI is InChI=1S/C25H19F3N2O2/c26-18-7-3-15(4-8-18)12-24(31)30-11-1-2-22(30)25-29-21-14-17(6-10-23(21)32-25)16-5-9-19(27)20(28)13-16/h3-10,13-14,22H,1-2,11-12H2/t22-/m1/s1. The van der Waals surface area contributed by atoms with E-state index in [9.17, 15) is 18.0 Å². The Bertz CT molecular complexity index is 1300. The van der Waals surface area contributed by atoms with Crippen molar-refractivity contribution in [2.75, 3.05) is 6.54 Å². The number of fused-ring (bicyclic) bond motifs is 1. The zero-order valence-electron chi connectivity index (χ0n) is 17.0. The molecular formula is C25H19F3N2O2. The highest BCUT2D eigenvalue weighted by atomic mass is 19.2. The van der Waals surface area contributed by atoms with E-state index >= 15 is 0 Å². The molecule has 0 unspecified atom stereocenters. The van der Waals surface area contributed by atoms with E-state index in [4.69, 9.17) is 4.42 Å². The third kappa shape index (κ3) is 3.86. The number of likely N-dealkylation sites (tertiary alicyclic amines) is 1. The number of rotatable bonds is 4. The topological polar surface area (TPSA) is 46.3 Å². The molecule has 1 aromatic heterocycles. The minimum atomic E-state index is -0.912. The lowest BCUT2D eigenvalue weighted by molar-refractivity contribution is -0.131. The molecule has 2 heterocycles. The molecule has 5 rings (SSSR count). The summed E-state index contributed by atoms with van der Waals surface area (Å²) < 4.78 is 45.9. The smallest absolute Gasteiger partial charge is 0.227 e. The second-order valence-electron chi connectivity index (χ2n) is 7.91. The van der Waals surface area contributed by atoms with Crippen LogP contribution in [-0.4, -0.2) is 22.3 Å². The second-order valence-corrected chi connectivity index (χ2v) is 7.91. The Morgan fingerprint density at radius 2 is 1.72 bits per heavy atom. The van der Waals surface area contributed by atoms with Crippen LogP contribution in [-0.2, 0) is 11.2 Å². The summed E-state index contributed by atoms with van der Waals surface area (Å²) in [6.07, 6.45) is 1.74. The summed E-state index contributed by atoms with van der Waals surface area (Å²) in [6, 6.07) is 14.6. The zero-order valence-corrected chi connectivity index (χ0v) is 17.0. The van der Waals surface area contributed by atoms with Crippen molar-refractivity contribution in [1.29, 1.82) is 0 Å². The number of nitrogens with zero attached hydrogens (tertiary/aromatic N) is 2. The van der Waals surface area contributed by atoms with Crippen LogP contribution in [0.1, 0.15) is 30.3 Å². The quantitative estimate of drug-likeness (QED) is 0.405. The van der Waals surface area contributed by atoms with E-state index in [1.54, 1.807) is 35.2 Å². The number of aromatic nitrogens is 1. The van der Waals surface area contributed by atoms with Crippen molar-refractivity contribution in [3.63, 3.8) is 0 Å². The van der Waals surface area contributed by atoms with Gasteiger partial charge in [-0.05, 0) is 65.9 Å². The van der Waals surface area contributed by atoms with Gasteiger partial charge in [-0.3, -0.25) is 4.79 Å². The molecule has 1 saturated heterocycles. The lowest BCUT2D eigenvalue weighted by Crippen LogP contribution is -2.32. The van der Waals surface area contributed by atoms with Gasteiger partial charge in [-0.25, -0.2) is 18.2 Å². The minimum absolute atomic E-state index is 0.0659. The molecule has 0 saturated carbocycles. The van der Waals surface area contributed by atoms with Crippen molar-refractivity contribution >= 4 is 17.0 Å². The van der Waals surface area contributed by atoms with Gasteiger partial charge in [0.2, 0.25) is 11.8 Å². The molecule has 0 spiro atoms. The van der Waals surface area contributed by atoms with Crippen molar-refractivity contribution in [1.82, 2.24) is 9.88 Å². The number of benzene rings is 3. The van der Waals surface area contributed by atoms with E-state index in [2.05, 4.69) is 4.98 Å². The Morgan fingerprint density at radius 3 is 2.50 bits per heavy atom. The summed E-state index contributed by atoms with van der Waals surface area (Å²) in [5.41, 5.74) is 3.11. The molecule has 0 N–H and O–H groups in total.